The SMILES string of the molecule is COc1ccc(N(Cc2c[c]ccc2)c2ccc(Br)cc2)cc1. The van der Waals surface area contributed by atoms with E-state index < -0.39 is 0 Å². The molecule has 115 valence electrons. The van der Waals surface area contributed by atoms with Crippen molar-refractivity contribution in [3.05, 3.63) is 88.9 Å². The van der Waals surface area contributed by atoms with E-state index in [4.69, 9.17) is 4.74 Å². The minimum atomic E-state index is 0.783. The molecule has 0 bridgehead atoms. The molecule has 0 unspecified atom stereocenters. The Morgan fingerprint density at radius 2 is 1.61 bits per heavy atom. The van der Waals surface area contributed by atoms with Gasteiger partial charge in [0.05, 0.1) is 7.11 Å². The third-order valence-corrected chi connectivity index (χ3v) is 4.16. The van der Waals surface area contributed by atoms with Crippen LogP contribution in [0.1, 0.15) is 5.56 Å². The maximum Gasteiger partial charge on any atom is 0.119 e. The number of ether oxygens (including phenoxy) is 1. The Morgan fingerprint density at radius 1 is 0.957 bits per heavy atom. The van der Waals surface area contributed by atoms with Crippen molar-refractivity contribution in [2.24, 2.45) is 0 Å². The van der Waals surface area contributed by atoms with E-state index in [0.717, 1.165) is 28.1 Å². The minimum Gasteiger partial charge on any atom is -0.497 e. The van der Waals surface area contributed by atoms with Crippen molar-refractivity contribution in [2.75, 3.05) is 12.0 Å². The van der Waals surface area contributed by atoms with Crippen LogP contribution in [0.4, 0.5) is 11.4 Å². The normalized spacial score (nSPS) is 10.3. The van der Waals surface area contributed by atoms with E-state index in [2.05, 4.69) is 69.4 Å². The van der Waals surface area contributed by atoms with E-state index >= 15 is 0 Å². The van der Waals surface area contributed by atoms with E-state index in [9.17, 15) is 0 Å². The van der Waals surface area contributed by atoms with Crippen LogP contribution in [0.25, 0.3) is 0 Å². The van der Waals surface area contributed by atoms with Crippen molar-refractivity contribution >= 4 is 27.3 Å². The first-order chi connectivity index (χ1) is 11.3. The summed E-state index contributed by atoms with van der Waals surface area (Å²) in [5.41, 5.74) is 3.48. The van der Waals surface area contributed by atoms with Gasteiger partial charge in [0.25, 0.3) is 0 Å². The summed E-state index contributed by atoms with van der Waals surface area (Å²) in [6.07, 6.45) is 0. The minimum absolute atomic E-state index is 0.783. The third-order valence-electron chi connectivity index (χ3n) is 3.63. The zero-order valence-corrected chi connectivity index (χ0v) is 14.5. The molecule has 1 radical (unpaired) electrons. The number of hydrogen-bond acceptors (Lipinski definition) is 2. The topological polar surface area (TPSA) is 12.5 Å². The molecule has 0 aliphatic heterocycles. The molecule has 23 heavy (non-hydrogen) atoms. The summed E-state index contributed by atoms with van der Waals surface area (Å²) in [6, 6.07) is 27.7. The molecular formula is C20H17BrNO. The second-order valence-electron chi connectivity index (χ2n) is 5.17. The lowest BCUT2D eigenvalue weighted by molar-refractivity contribution is 0.415. The number of benzene rings is 3. The smallest absolute Gasteiger partial charge is 0.119 e. The van der Waals surface area contributed by atoms with Crippen molar-refractivity contribution in [1.29, 1.82) is 0 Å². The van der Waals surface area contributed by atoms with Gasteiger partial charge in [-0.05, 0) is 66.2 Å². The highest BCUT2D eigenvalue weighted by atomic mass is 79.9. The van der Waals surface area contributed by atoms with Crippen molar-refractivity contribution in [1.82, 2.24) is 0 Å². The maximum atomic E-state index is 5.26. The summed E-state index contributed by atoms with van der Waals surface area (Å²) >= 11 is 3.50. The number of nitrogens with zero attached hydrogens (tertiary/aromatic N) is 1. The second kappa shape index (κ2) is 7.34. The molecule has 0 aromatic heterocycles. The summed E-state index contributed by atoms with van der Waals surface area (Å²) < 4.78 is 6.33. The Hall–Kier alpha value is -2.26. The molecule has 0 N–H and O–H groups in total. The molecule has 3 heteroatoms. The fourth-order valence-corrected chi connectivity index (χ4v) is 2.69. The highest BCUT2D eigenvalue weighted by Crippen LogP contribution is 2.30. The van der Waals surface area contributed by atoms with Gasteiger partial charge in [-0.1, -0.05) is 34.1 Å². The van der Waals surface area contributed by atoms with Gasteiger partial charge in [0.1, 0.15) is 5.75 Å². The van der Waals surface area contributed by atoms with Crippen LogP contribution in [0.3, 0.4) is 0 Å². The van der Waals surface area contributed by atoms with Crippen LogP contribution in [0.2, 0.25) is 0 Å². The Bertz CT molecular complexity index is 739. The number of halogens is 1. The fourth-order valence-electron chi connectivity index (χ4n) is 2.43. The van der Waals surface area contributed by atoms with E-state index in [1.165, 1.54) is 5.56 Å². The van der Waals surface area contributed by atoms with E-state index in [0.29, 0.717) is 0 Å². The first-order valence-corrected chi connectivity index (χ1v) is 8.18. The highest BCUT2D eigenvalue weighted by molar-refractivity contribution is 9.10. The van der Waals surface area contributed by atoms with Gasteiger partial charge in [-0.3, -0.25) is 0 Å². The van der Waals surface area contributed by atoms with Gasteiger partial charge >= 0.3 is 0 Å². The van der Waals surface area contributed by atoms with Crippen LogP contribution in [-0.4, -0.2) is 7.11 Å². The first-order valence-electron chi connectivity index (χ1n) is 7.38. The van der Waals surface area contributed by atoms with Crippen molar-refractivity contribution < 1.29 is 4.74 Å². The van der Waals surface area contributed by atoms with Crippen LogP contribution in [0.15, 0.2) is 77.3 Å². The molecule has 3 rings (SSSR count). The number of hydrogen-bond donors (Lipinski definition) is 0. The summed E-state index contributed by atoms with van der Waals surface area (Å²) in [5, 5.41) is 0. The van der Waals surface area contributed by atoms with Gasteiger partial charge in [0.15, 0.2) is 0 Å². The molecule has 3 aromatic rings. The average Bonchev–Trinajstić information content (AvgIpc) is 2.62. The molecule has 2 nitrogen and oxygen atoms in total. The van der Waals surface area contributed by atoms with Crippen LogP contribution in [-0.2, 0) is 6.54 Å². The molecule has 0 fully saturated rings. The third kappa shape index (κ3) is 3.93. The Labute approximate surface area is 145 Å². The Balaban J connectivity index is 1.96. The number of anilines is 2. The molecular weight excluding hydrogens is 350 g/mol. The lowest BCUT2D eigenvalue weighted by atomic mass is 10.1. The molecule has 0 amide bonds. The first kappa shape index (κ1) is 15.6. The van der Waals surface area contributed by atoms with Crippen LogP contribution < -0.4 is 9.64 Å². The van der Waals surface area contributed by atoms with Gasteiger partial charge in [-0.25, -0.2) is 0 Å². The molecule has 0 heterocycles. The van der Waals surface area contributed by atoms with Crippen LogP contribution >= 0.6 is 15.9 Å². The standard InChI is InChI=1S/C20H17BrNO/c1-23-20-13-11-19(12-14-20)22(15-16-5-3-2-4-6-16)18-9-7-17(21)8-10-18/h2-3,5-14H,15H2,1H3. The van der Waals surface area contributed by atoms with Crippen molar-refractivity contribution in [2.45, 2.75) is 6.54 Å². The molecule has 0 saturated carbocycles. The molecule has 0 aliphatic carbocycles. The van der Waals surface area contributed by atoms with Crippen LogP contribution in [0.5, 0.6) is 5.75 Å². The van der Waals surface area contributed by atoms with Gasteiger partial charge in [-0.15, -0.1) is 0 Å². The number of methoxy groups -OCH3 is 1. The van der Waals surface area contributed by atoms with Crippen LogP contribution in [0, 0.1) is 6.07 Å². The number of rotatable bonds is 5. The van der Waals surface area contributed by atoms with E-state index in [1.807, 2.05) is 30.3 Å². The zero-order valence-electron chi connectivity index (χ0n) is 12.9. The lowest BCUT2D eigenvalue weighted by Gasteiger charge is -2.25. The van der Waals surface area contributed by atoms with Gasteiger partial charge in [0.2, 0.25) is 0 Å². The van der Waals surface area contributed by atoms with Crippen molar-refractivity contribution in [3.8, 4) is 5.75 Å². The monoisotopic (exact) mass is 366 g/mol. The summed E-state index contributed by atoms with van der Waals surface area (Å²) in [5.74, 6) is 0.859. The Kier molecular flexibility index (Phi) is 4.99. The van der Waals surface area contributed by atoms with Gasteiger partial charge in [0, 0.05) is 22.4 Å². The average molecular weight is 367 g/mol. The van der Waals surface area contributed by atoms with Gasteiger partial charge < -0.3 is 9.64 Å². The molecule has 0 spiro atoms. The maximum absolute atomic E-state index is 5.26. The van der Waals surface area contributed by atoms with Crippen molar-refractivity contribution in [3.63, 3.8) is 0 Å². The molecule has 3 aromatic carbocycles. The molecule has 0 atom stereocenters. The fraction of sp³-hybridized carbons (Fsp3) is 0.100. The quantitative estimate of drug-likeness (QED) is 0.582. The summed E-state index contributed by atoms with van der Waals surface area (Å²) in [7, 11) is 1.68. The predicted octanol–water partition coefficient (Wildman–Crippen LogP) is 5.60. The summed E-state index contributed by atoms with van der Waals surface area (Å²) in [4.78, 5) is 2.27. The predicted molar refractivity (Wildman–Crippen MR) is 98.3 cm³/mol. The lowest BCUT2D eigenvalue weighted by Crippen LogP contribution is -2.16. The highest BCUT2D eigenvalue weighted by Gasteiger charge is 2.10. The molecule has 0 saturated heterocycles. The van der Waals surface area contributed by atoms with E-state index in [1.54, 1.807) is 7.11 Å². The molecule has 0 aliphatic rings. The second-order valence-corrected chi connectivity index (χ2v) is 6.09. The summed E-state index contributed by atoms with van der Waals surface area (Å²) in [6.45, 7) is 0.783. The zero-order chi connectivity index (χ0) is 16.1. The van der Waals surface area contributed by atoms with E-state index in [-0.39, 0.29) is 0 Å². The largest absolute Gasteiger partial charge is 0.497 e. The Morgan fingerprint density at radius 3 is 2.17 bits per heavy atom. The van der Waals surface area contributed by atoms with Gasteiger partial charge in [-0.2, -0.15) is 0 Å².